The Hall–Kier alpha value is -2.32. The SMILES string of the molecule is CC(=O)CNC1CCN(C(=O)O)C1.Cc1cc(N)ccc1N1CCC(N2CCCC2C)C1. The van der Waals surface area contributed by atoms with Gasteiger partial charge in [0.1, 0.15) is 5.78 Å². The van der Waals surface area contributed by atoms with Crippen molar-refractivity contribution in [1.29, 1.82) is 0 Å². The van der Waals surface area contributed by atoms with Crippen molar-refractivity contribution in [3.05, 3.63) is 23.8 Å². The Morgan fingerprint density at radius 3 is 2.53 bits per heavy atom. The van der Waals surface area contributed by atoms with E-state index in [9.17, 15) is 9.59 Å². The minimum absolute atomic E-state index is 0.0776. The van der Waals surface area contributed by atoms with E-state index in [-0.39, 0.29) is 11.8 Å². The van der Waals surface area contributed by atoms with Crippen molar-refractivity contribution in [1.82, 2.24) is 15.1 Å². The monoisotopic (exact) mass is 445 g/mol. The molecular formula is C24H39N5O3. The van der Waals surface area contributed by atoms with Gasteiger partial charge >= 0.3 is 6.09 Å². The fraction of sp³-hybridized carbons (Fsp3) is 0.667. The van der Waals surface area contributed by atoms with Crippen LogP contribution in [0.15, 0.2) is 18.2 Å². The molecule has 8 nitrogen and oxygen atoms in total. The van der Waals surface area contributed by atoms with Gasteiger partial charge in [0, 0.05) is 55.7 Å². The van der Waals surface area contributed by atoms with E-state index in [2.05, 4.69) is 41.1 Å². The van der Waals surface area contributed by atoms with Crippen LogP contribution in [0.5, 0.6) is 0 Å². The number of Topliss-reactive ketones (excluding diaryl/α,β-unsaturated/α-hetero) is 1. The first-order valence-corrected chi connectivity index (χ1v) is 11.8. The lowest BCUT2D eigenvalue weighted by atomic mass is 10.1. The number of carbonyl (C=O) groups is 2. The molecule has 4 N–H and O–H groups in total. The van der Waals surface area contributed by atoms with Crippen LogP contribution in [0.25, 0.3) is 0 Å². The molecule has 1 aromatic carbocycles. The van der Waals surface area contributed by atoms with E-state index in [4.69, 9.17) is 10.8 Å². The number of hydrogen-bond acceptors (Lipinski definition) is 6. The summed E-state index contributed by atoms with van der Waals surface area (Å²) < 4.78 is 0. The number of likely N-dealkylation sites (tertiary alicyclic amines) is 2. The highest BCUT2D eigenvalue weighted by atomic mass is 16.4. The lowest BCUT2D eigenvalue weighted by molar-refractivity contribution is -0.116. The molecule has 8 heteroatoms. The second-order valence-electron chi connectivity index (χ2n) is 9.46. The highest BCUT2D eigenvalue weighted by molar-refractivity contribution is 5.77. The van der Waals surface area contributed by atoms with Crippen molar-refractivity contribution in [2.45, 2.75) is 64.6 Å². The minimum Gasteiger partial charge on any atom is -0.465 e. The summed E-state index contributed by atoms with van der Waals surface area (Å²) in [4.78, 5) is 27.7. The zero-order chi connectivity index (χ0) is 23.3. The molecule has 0 spiro atoms. The molecule has 1 amide bonds. The summed E-state index contributed by atoms with van der Waals surface area (Å²) in [6.45, 7) is 11.1. The third-order valence-electron chi connectivity index (χ3n) is 6.90. The normalized spacial score (nSPS) is 25.7. The van der Waals surface area contributed by atoms with Crippen molar-refractivity contribution >= 4 is 23.3 Å². The molecule has 178 valence electrons. The van der Waals surface area contributed by atoms with Crippen LogP contribution in [0.4, 0.5) is 16.2 Å². The van der Waals surface area contributed by atoms with Gasteiger partial charge in [-0.2, -0.15) is 0 Å². The van der Waals surface area contributed by atoms with Crippen LogP contribution in [0, 0.1) is 6.92 Å². The fourth-order valence-corrected chi connectivity index (χ4v) is 5.15. The third kappa shape index (κ3) is 6.36. The Kier molecular flexibility index (Phi) is 8.37. The maximum atomic E-state index is 10.6. The summed E-state index contributed by atoms with van der Waals surface area (Å²) in [5.41, 5.74) is 9.38. The first-order valence-electron chi connectivity index (χ1n) is 11.8. The molecule has 3 aliphatic rings. The van der Waals surface area contributed by atoms with Gasteiger partial charge in [-0.25, -0.2) is 4.79 Å². The van der Waals surface area contributed by atoms with Gasteiger partial charge in [-0.15, -0.1) is 0 Å². The van der Waals surface area contributed by atoms with Crippen LogP contribution in [-0.2, 0) is 4.79 Å². The number of rotatable bonds is 5. The minimum atomic E-state index is -0.882. The molecule has 3 saturated heterocycles. The topological polar surface area (TPSA) is 102 Å². The number of nitrogens with one attached hydrogen (secondary N) is 1. The van der Waals surface area contributed by atoms with E-state index in [1.165, 1.54) is 62.0 Å². The summed E-state index contributed by atoms with van der Waals surface area (Å²) in [5.74, 6) is 0.0776. The van der Waals surface area contributed by atoms with Crippen molar-refractivity contribution in [2.75, 3.05) is 49.9 Å². The Morgan fingerprint density at radius 1 is 1.16 bits per heavy atom. The smallest absolute Gasteiger partial charge is 0.407 e. The Morgan fingerprint density at radius 2 is 1.94 bits per heavy atom. The predicted octanol–water partition coefficient (Wildman–Crippen LogP) is 2.56. The van der Waals surface area contributed by atoms with Crippen molar-refractivity contribution in [3.63, 3.8) is 0 Å². The van der Waals surface area contributed by atoms with Crippen LogP contribution in [0.2, 0.25) is 0 Å². The molecule has 4 rings (SSSR count). The van der Waals surface area contributed by atoms with Gasteiger partial charge in [0.05, 0.1) is 6.54 Å². The lowest BCUT2D eigenvalue weighted by Crippen LogP contribution is -2.39. The molecule has 3 unspecified atom stereocenters. The average Bonchev–Trinajstić information content (AvgIpc) is 3.47. The van der Waals surface area contributed by atoms with E-state index in [1.807, 2.05) is 6.07 Å². The number of nitrogen functional groups attached to an aromatic ring is 1. The number of carbonyl (C=O) groups excluding carboxylic acids is 1. The standard InChI is InChI=1S/C16H25N3.C8H14N2O3/c1-12-10-14(17)5-6-16(12)18-9-7-15(11-18)19-8-3-4-13(19)2;1-6(11)4-9-7-2-3-10(5-7)8(12)13/h5-6,10,13,15H,3-4,7-9,11,17H2,1-2H3;7,9H,2-5H2,1H3,(H,12,13). The molecule has 1 aromatic rings. The molecule has 3 heterocycles. The number of amides is 1. The highest BCUT2D eigenvalue weighted by Crippen LogP contribution is 2.30. The molecule has 32 heavy (non-hydrogen) atoms. The Bertz CT molecular complexity index is 802. The predicted molar refractivity (Wildman–Crippen MR) is 128 cm³/mol. The van der Waals surface area contributed by atoms with Crippen molar-refractivity contribution < 1.29 is 14.7 Å². The lowest BCUT2D eigenvalue weighted by Gasteiger charge is -2.29. The maximum absolute atomic E-state index is 10.6. The first kappa shape index (κ1) is 24.3. The number of aryl methyl sites for hydroxylation is 1. The molecular weight excluding hydrogens is 406 g/mol. The second-order valence-corrected chi connectivity index (χ2v) is 9.46. The molecule has 0 saturated carbocycles. The van der Waals surface area contributed by atoms with E-state index in [0.29, 0.717) is 19.6 Å². The van der Waals surface area contributed by atoms with Gasteiger partial charge < -0.3 is 26.0 Å². The van der Waals surface area contributed by atoms with Gasteiger partial charge in [0.15, 0.2) is 0 Å². The summed E-state index contributed by atoms with van der Waals surface area (Å²) >= 11 is 0. The van der Waals surface area contributed by atoms with Gasteiger partial charge in [-0.05, 0) is 76.8 Å². The van der Waals surface area contributed by atoms with Crippen molar-refractivity contribution in [3.8, 4) is 0 Å². The number of nitrogens with two attached hydrogens (primary N) is 1. The van der Waals surface area contributed by atoms with Crippen molar-refractivity contribution in [2.24, 2.45) is 0 Å². The van der Waals surface area contributed by atoms with Crippen LogP contribution in [-0.4, -0.2) is 84.2 Å². The summed E-state index contributed by atoms with van der Waals surface area (Å²) in [6, 6.07) is 7.95. The maximum Gasteiger partial charge on any atom is 0.407 e. The van der Waals surface area contributed by atoms with E-state index < -0.39 is 6.09 Å². The second kappa shape index (κ2) is 11.0. The summed E-state index contributed by atoms with van der Waals surface area (Å²) in [7, 11) is 0. The van der Waals surface area contributed by atoms with E-state index in [1.54, 1.807) is 0 Å². The van der Waals surface area contributed by atoms with Gasteiger partial charge in [-0.1, -0.05) is 0 Å². The molecule has 3 atom stereocenters. The summed E-state index contributed by atoms with van der Waals surface area (Å²) in [6.07, 6.45) is 3.95. The summed E-state index contributed by atoms with van der Waals surface area (Å²) in [5, 5.41) is 11.7. The highest BCUT2D eigenvalue weighted by Gasteiger charge is 2.33. The van der Waals surface area contributed by atoms with Gasteiger partial charge in [-0.3, -0.25) is 9.69 Å². The number of benzene rings is 1. The van der Waals surface area contributed by atoms with Gasteiger partial charge in [0.25, 0.3) is 0 Å². The zero-order valence-electron chi connectivity index (χ0n) is 19.7. The number of ketones is 1. The van der Waals surface area contributed by atoms with Crippen LogP contribution in [0.1, 0.15) is 45.1 Å². The molecule has 0 aliphatic carbocycles. The number of nitrogens with zero attached hydrogens (tertiary/aromatic N) is 3. The van der Waals surface area contributed by atoms with Gasteiger partial charge in [0.2, 0.25) is 0 Å². The number of anilines is 2. The van der Waals surface area contributed by atoms with E-state index >= 15 is 0 Å². The Balaban J connectivity index is 0.000000195. The van der Waals surface area contributed by atoms with Crippen LogP contribution in [0.3, 0.4) is 0 Å². The largest absolute Gasteiger partial charge is 0.465 e. The third-order valence-corrected chi connectivity index (χ3v) is 6.90. The molecule has 0 bridgehead atoms. The molecule has 0 aromatic heterocycles. The average molecular weight is 446 g/mol. The van der Waals surface area contributed by atoms with Crippen LogP contribution >= 0.6 is 0 Å². The molecule has 0 radical (unpaired) electrons. The Labute approximate surface area is 191 Å². The number of carboxylic acid groups (broad SMARTS) is 1. The fourth-order valence-electron chi connectivity index (χ4n) is 5.15. The first-order chi connectivity index (χ1) is 15.2. The quantitative estimate of drug-likeness (QED) is 0.599. The number of hydrogen-bond donors (Lipinski definition) is 3. The van der Waals surface area contributed by atoms with Crippen LogP contribution < -0.4 is 16.0 Å². The molecule has 3 aliphatic heterocycles. The molecule has 3 fully saturated rings. The zero-order valence-corrected chi connectivity index (χ0v) is 19.7. The van der Waals surface area contributed by atoms with E-state index in [0.717, 1.165) is 24.2 Å².